The standard InChI is InChI=1S/C21H25N7O/c1-14-6-7-22-19(9-14)25-20-10-18(16-5-4-8-28(13-16)15(2)29)24-21(26-20)17-11-23-27(3)12-17/h6-7,9-12,16H,4-5,8,13H2,1-3H3,(H,22,24,25,26). The van der Waals surface area contributed by atoms with Gasteiger partial charge in [0, 0.05) is 51.4 Å². The zero-order chi connectivity index (χ0) is 20.4. The van der Waals surface area contributed by atoms with Crippen molar-refractivity contribution in [2.24, 2.45) is 7.05 Å². The average Bonchev–Trinajstić information content (AvgIpc) is 3.14. The van der Waals surface area contributed by atoms with Gasteiger partial charge in [-0.3, -0.25) is 9.48 Å². The fourth-order valence-electron chi connectivity index (χ4n) is 3.65. The third-order valence-corrected chi connectivity index (χ3v) is 5.17. The van der Waals surface area contributed by atoms with E-state index in [0.29, 0.717) is 18.2 Å². The van der Waals surface area contributed by atoms with Crippen LogP contribution in [0.2, 0.25) is 0 Å². The summed E-state index contributed by atoms with van der Waals surface area (Å²) in [4.78, 5) is 27.7. The van der Waals surface area contributed by atoms with Crippen LogP contribution in [0.15, 0.2) is 36.8 Å². The van der Waals surface area contributed by atoms with Gasteiger partial charge < -0.3 is 10.2 Å². The van der Waals surface area contributed by atoms with Crippen molar-refractivity contribution in [1.29, 1.82) is 0 Å². The van der Waals surface area contributed by atoms with Crippen LogP contribution in [0.4, 0.5) is 11.6 Å². The lowest BCUT2D eigenvalue weighted by molar-refractivity contribution is -0.130. The average molecular weight is 391 g/mol. The van der Waals surface area contributed by atoms with E-state index in [4.69, 9.17) is 9.97 Å². The molecule has 1 atom stereocenters. The van der Waals surface area contributed by atoms with Crippen molar-refractivity contribution in [3.8, 4) is 11.4 Å². The van der Waals surface area contributed by atoms with Gasteiger partial charge in [-0.25, -0.2) is 15.0 Å². The van der Waals surface area contributed by atoms with E-state index in [1.807, 2.05) is 43.3 Å². The summed E-state index contributed by atoms with van der Waals surface area (Å²) in [5.74, 6) is 2.33. The molecule has 1 saturated heterocycles. The normalized spacial score (nSPS) is 16.7. The van der Waals surface area contributed by atoms with Crippen molar-refractivity contribution >= 4 is 17.5 Å². The number of rotatable bonds is 4. The highest BCUT2D eigenvalue weighted by Gasteiger charge is 2.25. The maximum absolute atomic E-state index is 11.9. The Labute approximate surface area is 170 Å². The predicted molar refractivity (Wildman–Crippen MR) is 111 cm³/mol. The number of amides is 1. The van der Waals surface area contributed by atoms with E-state index in [0.717, 1.165) is 42.0 Å². The molecule has 4 heterocycles. The maximum Gasteiger partial charge on any atom is 0.219 e. The first-order valence-corrected chi connectivity index (χ1v) is 9.81. The molecule has 1 aliphatic rings. The van der Waals surface area contributed by atoms with Crippen LogP contribution in [-0.4, -0.2) is 48.6 Å². The van der Waals surface area contributed by atoms with Gasteiger partial charge >= 0.3 is 0 Å². The number of carbonyl (C=O) groups excluding carboxylic acids is 1. The highest BCUT2D eigenvalue weighted by Crippen LogP contribution is 2.29. The first kappa shape index (κ1) is 19.0. The Morgan fingerprint density at radius 2 is 2.10 bits per heavy atom. The van der Waals surface area contributed by atoms with E-state index in [2.05, 4.69) is 15.4 Å². The number of anilines is 2. The second-order valence-electron chi connectivity index (χ2n) is 7.55. The van der Waals surface area contributed by atoms with E-state index in [1.165, 1.54) is 0 Å². The number of hydrogen-bond acceptors (Lipinski definition) is 6. The van der Waals surface area contributed by atoms with Crippen LogP contribution in [0.25, 0.3) is 11.4 Å². The van der Waals surface area contributed by atoms with Crippen molar-refractivity contribution in [2.75, 3.05) is 18.4 Å². The lowest BCUT2D eigenvalue weighted by Crippen LogP contribution is -2.37. The Balaban J connectivity index is 1.71. The molecule has 0 bridgehead atoms. The molecule has 0 aromatic carbocycles. The largest absolute Gasteiger partial charge is 0.342 e. The minimum Gasteiger partial charge on any atom is -0.342 e. The molecule has 8 nitrogen and oxygen atoms in total. The first-order valence-electron chi connectivity index (χ1n) is 9.81. The molecule has 1 N–H and O–H groups in total. The number of hydrogen-bond donors (Lipinski definition) is 1. The molecular formula is C21H25N7O. The van der Waals surface area contributed by atoms with Crippen LogP contribution in [0.1, 0.15) is 36.9 Å². The topological polar surface area (TPSA) is 88.8 Å². The molecule has 0 aliphatic carbocycles. The van der Waals surface area contributed by atoms with Gasteiger partial charge in [-0.05, 0) is 37.5 Å². The van der Waals surface area contributed by atoms with E-state index < -0.39 is 0 Å². The van der Waals surface area contributed by atoms with Crippen LogP contribution in [0.3, 0.4) is 0 Å². The third kappa shape index (κ3) is 4.42. The number of pyridine rings is 1. The van der Waals surface area contributed by atoms with E-state index >= 15 is 0 Å². The summed E-state index contributed by atoms with van der Waals surface area (Å²) in [5.41, 5.74) is 2.91. The monoisotopic (exact) mass is 391 g/mol. The molecule has 1 amide bonds. The number of likely N-dealkylation sites (tertiary alicyclic amines) is 1. The Kier molecular flexibility index (Phi) is 5.24. The maximum atomic E-state index is 11.9. The molecule has 1 fully saturated rings. The summed E-state index contributed by atoms with van der Waals surface area (Å²) in [5, 5.41) is 7.55. The summed E-state index contributed by atoms with van der Waals surface area (Å²) >= 11 is 0. The highest BCUT2D eigenvalue weighted by atomic mass is 16.2. The van der Waals surface area contributed by atoms with Crippen molar-refractivity contribution in [1.82, 2.24) is 29.6 Å². The van der Waals surface area contributed by atoms with Crippen molar-refractivity contribution < 1.29 is 4.79 Å². The summed E-state index contributed by atoms with van der Waals surface area (Å²) in [6.07, 6.45) is 7.40. The van der Waals surface area contributed by atoms with Gasteiger partial charge in [0.2, 0.25) is 5.91 Å². The third-order valence-electron chi connectivity index (χ3n) is 5.17. The van der Waals surface area contributed by atoms with Crippen LogP contribution in [0, 0.1) is 6.92 Å². The number of piperidine rings is 1. The fraction of sp³-hybridized carbons (Fsp3) is 0.381. The van der Waals surface area contributed by atoms with Crippen LogP contribution < -0.4 is 5.32 Å². The molecule has 1 unspecified atom stereocenters. The highest BCUT2D eigenvalue weighted by molar-refractivity contribution is 5.73. The molecule has 8 heteroatoms. The number of aromatic nitrogens is 5. The van der Waals surface area contributed by atoms with Crippen LogP contribution in [-0.2, 0) is 11.8 Å². The molecule has 0 radical (unpaired) electrons. The quantitative estimate of drug-likeness (QED) is 0.735. The second-order valence-corrected chi connectivity index (χ2v) is 7.55. The van der Waals surface area contributed by atoms with Crippen molar-refractivity contribution in [3.05, 3.63) is 48.0 Å². The van der Waals surface area contributed by atoms with Gasteiger partial charge in [0.05, 0.1) is 17.5 Å². The van der Waals surface area contributed by atoms with Crippen molar-refractivity contribution in [3.63, 3.8) is 0 Å². The molecule has 150 valence electrons. The molecular weight excluding hydrogens is 366 g/mol. The smallest absolute Gasteiger partial charge is 0.219 e. The minimum atomic E-state index is 0.110. The summed E-state index contributed by atoms with van der Waals surface area (Å²) in [6, 6.07) is 5.90. The number of aryl methyl sites for hydroxylation is 2. The fourth-order valence-corrected chi connectivity index (χ4v) is 3.65. The van der Waals surface area contributed by atoms with Gasteiger partial charge in [-0.15, -0.1) is 0 Å². The minimum absolute atomic E-state index is 0.110. The lowest BCUT2D eigenvalue weighted by Gasteiger charge is -2.32. The molecule has 4 rings (SSSR count). The molecule has 3 aromatic heterocycles. The summed E-state index contributed by atoms with van der Waals surface area (Å²) in [7, 11) is 1.87. The molecule has 0 saturated carbocycles. The van der Waals surface area contributed by atoms with Gasteiger partial charge in [-0.1, -0.05) is 0 Å². The SMILES string of the molecule is CC(=O)N1CCCC(c2cc(Nc3cc(C)ccn3)nc(-c3cnn(C)c3)n2)C1. The van der Waals surface area contributed by atoms with Crippen LogP contribution in [0.5, 0.6) is 0 Å². The Morgan fingerprint density at radius 1 is 1.24 bits per heavy atom. The Bertz CT molecular complexity index is 1030. The molecule has 29 heavy (non-hydrogen) atoms. The zero-order valence-electron chi connectivity index (χ0n) is 17.0. The van der Waals surface area contributed by atoms with Gasteiger partial charge in [0.15, 0.2) is 5.82 Å². The molecule has 1 aliphatic heterocycles. The van der Waals surface area contributed by atoms with Gasteiger partial charge in [0.1, 0.15) is 11.6 Å². The van der Waals surface area contributed by atoms with Gasteiger partial charge in [0.25, 0.3) is 0 Å². The lowest BCUT2D eigenvalue weighted by atomic mass is 9.94. The number of nitrogens with zero attached hydrogens (tertiary/aromatic N) is 6. The second kappa shape index (κ2) is 7.98. The summed E-state index contributed by atoms with van der Waals surface area (Å²) in [6.45, 7) is 5.14. The Hall–Kier alpha value is -3.29. The summed E-state index contributed by atoms with van der Waals surface area (Å²) < 4.78 is 1.73. The van der Waals surface area contributed by atoms with E-state index in [-0.39, 0.29) is 11.8 Å². The molecule has 0 spiro atoms. The molecule has 3 aromatic rings. The number of nitrogens with one attached hydrogen (secondary N) is 1. The predicted octanol–water partition coefficient (Wildman–Crippen LogP) is 3.05. The van der Waals surface area contributed by atoms with Crippen LogP contribution >= 0.6 is 0 Å². The van der Waals surface area contributed by atoms with Gasteiger partial charge in [-0.2, -0.15) is 5.10 Å². The first-order chi connectivity index (χ1) is 14.0. The van der Waals surface area contributed by atoms with Crippen molar-refractivity contribution in [2.45, 2.75) is 32.6 Å². The Morgan fingerprint density at radius 3 is 2.83 bits per heavy atom. The zero-order valence-corrected chi connectivity index (χ0v) is 17.0. The van der Waals surface area contributed by atoms with E-state index in [9.17, 15) is 4.79 Å². The number of carbonyl (C=O) groups is 1. The van der Waals surface area contributed by atoms with E-state index in [1.54, 1.807) is 24.0 Å².